The molecule has 0 amide bonds. The van der Waals surface area contributed by atoms with Crippen molar-refractivity contribution in [3.05, 3.63) is 66.5 Å². The molecule has 3 rings (SSSR count). The maximum Gasteiger partial charge on any atom is 0.323 e. The van der Waals surface area contributed by atoms with Gasteiger partial charge in [-0.3, -0.25) is 0 Å². The fourth-order valence-corrected chi connectivity index (χ4v) is 3.11. The zero-order valence-electron chi connectivity index (χ0n) is 11.1. The van der Waals surface area contributed by atoms with Gasteiger partial charge in [0, 0.05) is 14.5 Å². The number of fused-ring (bicyclic) bond motifs is 1. The van der Waals surface area contributed by atoms with Crippen molar-refractivity contribution >= 4 is 42.9 Å². The molecule has 0 aliphatic rings. The number of aromatic amines is 2. The van der Waals surface area contributed by atoms with Crippen LogP contribution in [-0.2, 0) is 0 Å². The van der Waals surface area contributed by atoms with E-state index >= 15 is 0 Å². The average Bonchev–Trinajstić information content (AvgIpc) is 2.79. The molecule has 3 aromatic rings. The molecule has 3 N–H and O–H groups in total. The Morgan fingerprint density at radius 3 is 2.38 bits per heavy atom. The fraction of sp³-hybridized carbons (Fsp3) is 0.133. The third-order valence-electron chi connectivity index (χ3n) is 3.43. The molecule has 0 aliphatic carbocycles. The van der Waals surface area contributed by atoms with E-state index in [-0.39, 0.29) is 5.69 Å². The van der Waals surface area contributed by atoms with Crippen LogP contribution in [0.3, 0.4) is 0 Å². The minimum absolute atomic E-state index is 0.261. The molecule has 6 heteroatoms. The molecular weight excluding hydrogens is 400 g/mol. The highest BCUT2D eigenvalue weighted by Crippen LogP contribution is 2.32. The molecule has 1 aromatic heterocycles. The summed E-state index contributed by atoms with van der Waals surface area (Å²) in [6, 6.07) is 9.29. The van der Waals surface area contributed by atoms with E-state index in [4.69, 9.17) is 0 Å². The summed E-state index contributed by atoms with van der Waals surface area (Å²) in [5.74, 6) is 0. The smallest absolute Gasteiger partial charge is 0.323 e. The minimum atomic E-state index is -0.769. The standard InChI is InChI=1S/C15H12Br2N2O2/c1-7-4-8(2-3-10(7)16)14(20)9-5-12-13(6-11(9)17)19-15(21)18-12/h2-6,14,20H,1H3,(H2,18,19,21). The van der Waals surface area contributed by atoms with Crippen LogP contribution in [0, 0.1) is 6.92 Å². The van der Waals surface area contributed by atoms with Gasteiger partial charge in [-0.05, 0) is 36.2 Å². The number of imidazole rings is 1. The van der Waals surface area contributed by atoms with Crippen LogP contribution >= 0.6 is 31.9 Å². The Morgan fingerprint density at radius 2 is 1.71 bits per heavy atom. The van der Waals surface area contributed by atoms with Gasteiger partial charge in [-0.25, -0.2) is 4.79 Å². The highest BCUT2D eigenvalue weighted by atomic mass is 79.9. The van der Waals surface area contributed by atoms with Crippen molar-refractivity contribution in [1.29, 1.82) is 0 Å². The molecule has 1 unspecified atom stereocenters. The van der Waals surface area contributed by atoms with Gasteiger partial charge in [0.2, 0.25) is 0 Å². The Hall–Kier alpha value is -1.37. The quantitative estimate of drug-likeness (QED) is 0.600. The SMILES string of the molecule is Cc1cc(C(O)c2cc3[nH]c(=O)[nH]c3cc2Br)ccc1Br. The molecular formula is C15H12Br2N2O2. The first-order valence-electron chi connectivity index (χ1n) is 6.31. The molecule has 0 saturated carbocycles. The second-order valence-electron chi connectivity index (χ2n) is 4.91. The molecule has 1 atom stereocenters. The number of aliphatic hydroxyl groups is 1. The zero-order chi connectivity index (χ0) is 15.1. The number of rotatable bonds is 2. The van der Waals surface area contributed by atoms with Gasteiger partial charge in [0.25, 0.3) is 0 Å². The second-order valence-corrected chi connectivity index (χ2v) is 6.62. The number of hydrogen-bond donors (Lipinski definition) is 3. The lowest BCUT2D eigenvalue weighted by Gasteiger charge is -2.14. The number of nitrogens with one attached hydrogen (secondary N) is 2. The van der Waals surface area contributed by atoms with Crippen molar-refractivity contribution in [3.63, 3.8) is 0 Å². The number of halogens is 2. The van der Waals surface area contributed by atoms with Crippen LogP contribution in [0.15, 0.2) is 44.1 Å². The summed E-state index contributed by atoms with van der Waals surface area (Å²) in [6.45, 7) is 1.97. The van der Waals surface area contributed by atoms with E-state index in [1.165, 1.54) is 0 Å². The molecule has 1 heterocycles. The summed E-state index contributed by atoms with van der Waals surface area (Å²) in [5.41, 5.74) is 3.68. The number of aromatic nitrogens is 2. The van der Waals surface area contributed by atoms with Gasteiger partial charge in [0.15, 0.2) is 0 Å². The highest BCUT2D eigenvalue weighted by Gasteiger charge is 2.16. The van der Waals surface area contributed by atoms with Gasteiger partial charge in [0.1, 0.15) is 6.10 Å². The maximum absolute atomic E-state index is 11.3. The Labute approximate surface area is 137 Å². The summed E-state index contributed by atoms with van der Waals surface area (Å²) in [5, 5.41) is 10.6. The Bertz CT molecular complexity index is 883. The lowest BCUT2D eigenvalue weighted by Crippen LogP contribution is -2.01. The van der Waals surface area contributed by atoms with Gasteiger partial charge in [0.05, 0.1) is 11.0 Å². The fourth-order valence-electron chi connectivity index (χ4n) is 2.30. The van der Waals surface area contributed by atoms with E-state index < -0.39 is 6.10 Å². The first-order chi connectivity index (χ1) is 9.95. The van der Waals surface area contributed by atoms with Crippen LogP contribution in [0.1, 0.15) is 22.8 Å². The van der Waals surface area contributed by atoms with E-state index in [1.807, 2.05) is 25.1 Å². The topological polar surface area (TPSA) is 68.9 Å². The lowest BCUT2D eigenvalue weighted by molar-refractivity contribution is 0.219. The van der Waals surface area contributed by atoms with Gasteiger partial charge in [-0.2, -0.15) is 0 Å². The number of hydrogen-bond acceptors (Lipinski definition) is 2. The predicted molar refractivity (Wildman–Crippen MR) is 89.6 cm³/mol. The molecule has 2 aromatic carbocycles. The zero-order valence-corrected chi connectivity index (χ0v) is 14.2. The number of aryl methyl sites for hydroxylation is 1. The van der Waals surface area contributed by atoms with E-state index in [9.17, 15) is 9.90 Å². The van der Waals surface area contributed by atoms with Gasteiger partial charge in [-0.1, -0.05) is 44.0 Å². The largest absolute Gasteiger partial charge is 0.384 e. The Balaban J connectivity index is 2.11. The van der Waals surface area contributed by atoms with Crippen molar-refractivity contribution in [2.45, 2.75) is 13.0 Å². The predicted octanol–water partition coefficient (Wildman–Crippen LogP) is 3.77. The highest BCUT2D eigenvalue weighted by molar-refractivity contribution is 9.10. The number of benzene rings is 2. The summed E-state index contributed by atoms with van der Waals surface area (Å²) in [4.78, 5) is 16.7. The molecule has 21 heavy (non-hydrogen) atoms. The first kappa shape index (κ1) is 14.6. The van der Waals surface area contributed by atoms with Crippen molar-refractivity contribution in [1.82, 2.24) is 9.97 Å². The Morgan fingerprint density at radius 1 is 1.05 bits per heavy atom. The summed E-state index contributed by atoms with van der Waals surface area (Å²) >= 11 is 6.90. The Kier molecular flexibility index (Phi) is 3.77. The molecule has 0 saturated heterocycles. The van der Waals surface area contributed by atoms with Crippen LogP contribution < -0.4 is 5.69 Å². The van der Waals surface area contributed by atoms with Crippen molar-refractivity contribution in [2.75, 3.05) is 0 Å². The molecule has 108 valence electrons. The molecule has 4 nitrogen and oxygen atoms in total. The van der Waals surface area contributed by atoms with E-state index in [0.29, 0.717) is 16.6 Å². The number of H-pyrrole nitrogens is 2. The molecule has 0 radical (unpaired) electrons. The van der Waals surface area contributed by atoms with Gasteiger partial charge >= 0.3 is 5.69 Å². The van der Waals surface area contributed by atoms with Crippen molar-refractivity contribution < 1.29 is 5.11 Å². The van der Waals surface area contributed by atoms with E-state index in [1.54, 1.807) is 12.1 Å². The van der Waals surface area contributed by atoms with E-state index in [2.05, 4.69) is 41.8 Å². The minimum Gasteiger partial charge on any atom is -0.384 e. The lowest BCUT2D eigenvalue weighted by atomic mass is 9.99. The summed E-state index contributed by atoms with van der Waals surface area (Å²) in [6.07, 6.45) is -0.769. The van der Waals surface area contributed by atoms with Gasteiger partial charge < -0.3 is 15.1 Å². The van der Waals surface area contributed by atoms with Crippen LogP contribution in [0.4, 0.5) is 0 Å². The van der Waals surface area contributed by atoms with E-state index in [0.717, 1.165) is 20.1 Å². The third kappa shape index (κ3) is 2.71. The monoisotopic (exact) mass is 410 g/mol. The second kappa shape index (κ2) is 5.44. The molecule has 0 spiro atoms. The van der Waals surface area contributed by atoms with Crippen LogP contribution in [0.2, 0.25) is 0 Å². The van der Waals surface area contributed by atoms with Crippen LogP contribution in [-0.4, -0.2) is 15.1 Å². The normalized spacial score (nSPS) is 12.8. The molecule has 0 bridgehead atoms. The molecule has 0 fully saturated rings. The van der Waals surface area contributed by atoms with Gasteiger partial charge in [-0.15, -0.1) is 0 Å². The number of aliphatic hydroxyl groups excluding tert-OH is 1. The third-order valence-corrected chi connectivity index (χ3v) is 5.00. The van der Waals surface area contributed by atoms with Crippen LogP contribution in [0.25, 0.3) is 11.0 Å². The molecule has 0 aliphatic heterocycles. The van der Waals surface area contributed by atoms with Crippen molar-refractivity contribution in [3.8, 4) is 0 Å². The summed E-state index contributed by atoms with van der Waals surface area (Å²) in [7, 11) is 0. The average molecular weight is 412 g/mol. The van der Waals surface area contributed by atoms with Crippen molar-refractivity contribution in [2.24, 2.45) is 0 Å². The van der Waals surface area contributed by atoms with Crippen LogP contribution in [0.5, 0.6) is 0 Å². The summed E-state index contributed by atoms with van der Waals surface area (Å²) < 4.78 is 1.75. The first-order valence-corrected chi connectivity index (χ1v) is 7.90. The maximum atomic E-state index is 11.3.